The molecule has 13 heteroatoms. The van der Waals surface area contributed by atoms with Gasteiger partial charge < -0.3 is 19.6 Å². The Morgan fingerprint density at radius 1 is 0.406 bits per heavy atom. The van der Waals surface area contributed by atoms with E-state index in [-0.39, 0.29) is 45.3 Å². The molecule has 64 heavy (non-hydrogen) atoms. The van der Waals surface area contributed by atoms with Crippen molar-refractivity contribution in [1.82, 2.24) is 44.5 Å². The highest BCUT2D eigenvalue weighted by Gasteiger charge is 2.28. The number of hydrogen-bond donors (Lipinski definition) is 0. The number of pyridine rings is 3. The van der Waals surface area contributed by atoms with Crippen molar-refractivity contribution in [3.05, 3.63) is 111 Å². The Morgan fingerprint density at radius 3 is 1.38 bits per heavy atom. The summed E-state index contributed by atoms with van der Waals surface area (Å²) in [5.41, 5.74) is 12.6. The van der Waals surface area contributed by atoms with Gasteiger partial charge in [0.15, 0.2) is 0 Å². The van der Waals surface area contributed by atoms with Gasteiger partial charge in [-0.2, -0.15) is 0 Å². The van der Waals surface area contributed by atoms with E-state index in [4.69, 9.17) is 0 Å². The van der Waals surface area contributed by atoms with Crippen LogP contribution in [0.4, 0.5) is 0 Å². The van der Waals surface area contributed by atoms with Crippen LogP contribution in [0.2, 0.25) is 0 Å². The fourth-order valence-corrected chi connectivity index (χ4v) is 7.44. The van der Waals surface area contributed by atoms with Gasteiger partial charge in [-0.3, -0.25) is 34.1 Å². The minimum atomic E-state index is -0.0430. The van der Waals surface area contributed by atoms with E-state index in [0.29, 0.717) is 45.8 Å². The van der Waals surface area contributed by atoms with Crippen molar-refractivity contribution < 1.29 is 19.2 Å². The van der Waals surface area contributed by atoms with Gasteiger partial charge in [-0.25, -0.2) is 9.97 Å². The summed E-state index contributed by atoms with van der Waals surface area (Å²) in [7, 11) is 0. The average Bonchev–Trinajstić information content (AvgIpc) is 4.00. The van der Waals surface area contributed by atoms with E-state index < -0.39 is 0 Å². The molecule has 0 N–H and O–H groups in total. The molecule has 0 saturated carbocycles. The normalized spacial score (nSPS) is 15.1. The number of hydrogen-bond acceptors (Lipinski definition) is 9. The molecule has 0 unspecified atom stereocenters. The first-order valence-corrected chi connectivity index (χ1v) is 22.3. The van der Waals surface area contributed by atoms with Crippen molar-refractivity contribution in [2.75, 3.05) is 0 Å². The molecule has 0 saturated heterocycles. The predicted molar refractivity (Wildman–Crippen MR) is 249 cm³/mol. The van der Waals surface area contributed by atoms with Crippen molar-refractivity contribution in [3.63, 3.8) is 0 Å². The van der Waals surface area contributed by atoms with Crippen molar-refractivity contribution >= 4 is 23.6 Å². The van der Waals surface area contributed by atoms with E-state index in [0.717, 1.165) is 46.4 Å². The zero-order valence-corrected chi connectivity index (χ0v) is 41.4. The molecule has 344 valence electrons. The van der Waals surface area contributed by atoms with E-state index in [1.807, 2.05) is 33.3 Å². The Bertz CT molecular complexity index is 2060. The van der Waals surface area contributed by atoms with Crippen LogP contribution in [0.1, 0.15) is 178 Å². The van der Waals surface area contributed by atoms with Gasteiger partial charge in [0.05, 0.1) is 36.7 Å². The topological polar surface area (TPSA) is 146 Å². The third kappa shape index (κ3) is 12.4. The fourth-order valence-electron chi connectivity index (χ4n) is 7.44. The molecule has 0 fully saturated rings. The fraction of sp³-hybridized carbons (Fsp3) is 0.549. The summed E-state index contributed by atoms with van der Waals surface area (Å²) < 4.78 is 0. The minimum absolute atomic E-state index is 0.0430. The first-order chi connectivity index (χ1) is 29.5. The van der Waals surface area contributed by atoms with Crippen molar-refractivity contribution in [1.29, 1.82) is 0 Å². The Labute approximate surface area is 381 Å². The van der Waals surface area contributed by atoms with Gasteiger partial charge in [0.25, 0.3) is 0 Å². The van der Waals surface area contributed by atoms with Gasteiger partial charge in [0.2, 0.25) is 23.6 Å². The molecule has 4 aromatic heterocycles. The smallest absolute Gasteiger partial charge is 0.220 e. The number of amides is 4. The Kier molecular flexibility index (Phi) is 14.6. The highest BCUT2D eigenvalue weighted by Crippen LogP contribution is 2.30. The van der Waals surface area contributed by atoms with Crippen LogP contribution >= 0.6 is 0 Å². The zero-order chi connectivity index (χ0) is 47.7. The zero-order valence-electron chi connectivity index (χ0n) is 41.4. The molecule has 4 aliphatic rings. The predicted octanol–water partition coefficient (Wildman–Crippen LogP) is 8.36. The lowest BCUT2D eigenvalue weighted by Gasteiger charge is -2.19. The van der Waals surface area contributed by atoms with Crippen LogP contribution < -0.4 is 0 Å². The van der Waals surface area contributed by atoms with Crippen LogP contribution in [-0.2, 0) is 93.2 Å². The van der Waals surface area contributed by atoms with Gasteiger partial charge in [-0.15, -0.1) is 0 Å². The summed E-state index contributed by atoms with van der Waals surface area (Å²) in [6.45, 7) is 37.6. The number of carbonyl (C=O) groups is 4. The molecule has 8 heterocycles. The van der Waals surface area contributed by atoms with Gasteiger partial charge in [-0.05, 0) is 45.4 Å². The SMILES string of the molecule is CC(=O)N1Cc2cc(C(C)(C)C)cnc2C1.CC(=O)N1Cc2ccc(C(C)(C)C)nc2C1.CC(=O)N1Cc2cnc(C(C)(C)C)cc2C1.CC(=O)N1Cc2cnc(C(C)(C)C)nc2C1. The maximum Gasteiger partial charge on any atom is 0.220 e. The summed E-state index contributed by atoms with van der Waals surface area (Å²) in [5, 5.41) is 0. The van der Waals surface area contributed by atoms with Crippen molar-refractivity contribution in [2.24, 2.45) is 0 Å². The number of nitrogens with zero attached hydrogens (tertiary/aromatic N) is 9. The van der Waals surface area contributed by atoms with Gasteiger partial charge in [0.1, 0.15) is 5.82 Å². The number of fused-ring (bicyclic) bond motifs is 4. The molecule has 0 atom stereocenters. The summed E-state index contributed by atoms with van der Waals surface area (Å²) in [5.74, 6) is 1.31. The lowest BCUT2D eigenvalue weighted by atomic mass is 9.87. The number of rotatable bonds is 0. The second-order valence-electron chi connectivity index (χ2n) is 21.6. The molecule has 4 aliphatic heterocycles. The molecular weight excluding hydrogens is 803 g/mol. The van der Waals surface area contributed by atoms with Crippen LogP contribution in [0.5, 0.6) is 0 Å². The van der Waals surface area contributed by atoms with Crippen molar-refractivity contribution in [3.8, 4) is 0 Å². The quantitative estimate of drug-likeness (QED) is 0.170. The maximum atomic E-state index is 11.3. The number of carbonyl (C=O) groups excluding carboxylic acids is 4. The molecule has 4 amide bonds. The molecule has 0 radical (unpaired) electrons. The first-order valence-electron chi connectivity index (χ1n) is 22.3. The number of aromatic nitrogens is 5. The van der Waals surface area contributed by atoms with E-state index in [1.54, 1.807) is 32.6 Å². The maximum absolute atomic E-state index is 11.3. The largest absolute Gasteiger partial charge is 0.334 e. The molecular formula is C51H71N9O4. The van der Waals surface area contributed by atoms with Gasteiger partial charge >= 0.3 is 0 Å². The van der Waals surface area contributed by atoms with Gasteiger partial charge in [-0.1, -0.05) is 95.2 Å². The molecule has 4 aromatic rings. The summed E-state index contributed by atoms with van der Waals surface area (Å²) in [4.78, 5) is 75.0. The van der Waals surface area contributed by atoms with E-state index >= 15 is 0 Å². The lowest BCUT2D eigenvalue weighted by molar-refractivity contribution is -0.130. The third-order valence-electron chi connectivity index (χ3n) is 11.8. The van der Waals surface area contributed by atoms with E-state index in [1.165, 1.54) is 27.8 Å². The summed E-state index contributed by atoms with van der Waals surface area (Å²) >= 11 is 0. The summed E-state index contributed by atoms with van der Waals surface area (Å²) in [6.07, 6.45) is 5.70. The Morgan fingerprint density at radius 2 is 0.859 bits per heavy atom. The lowest BCUT2D eigenvalue weighted by Crippen LogP contribution is -2.22. The van der Waals surface area contributed by atoms with Crippen LogP contribution in [0.3, 0.4) is 0 Å². The molecule has 13 nitrogen and oxygen atoms in total. The van der Waals surface area contributed by atoms with Crippen LogP contribution in [0.25, 0.3) is 0 Å². The summed E-state index contributed by atoms with van der Waals surface area (Å²) in [6, 6.07) is 8.50. The molecule has 0 spiro atoms. The third-order valence-corrected chi connectivity index (χ3v) is 11.8. The second-order valence-corrected chi connectivity index (χ2v) is 21.6. The minimum Gasteiger partial charge on any atom is -0.334 e. The standard InChI is InChI=1S/3C13H18N2O.C12H17N3O/c1-9(16)15-7-10-5-12(13(2,3)4)14-6-11(10)8-15;1-9(16)15-7-10-5-11(13(2,3)4)6-14-12(10)8-15;1-9(16)15-7-10-5-6-12(13(2,3)4)14-11(10)8-15;1-8(16)15-6-9-5-13-11(12(2,3)4)14-10(9)7-15/h3*5-6H,7-8H2,1-4H3;5H,6-7H2,1-4H3. The highest BCUT2D eigenvalue weighted by atomic mass is 16.2. The van der Waals surface area contributed by atoms with Crippen LogP contribution in [0, 0.1) is 0 Å². The molecule has 0 bridgehead atoms. The van der Waals surface area contributed by atoms with Crippen LogP contribution in [-0.4, -0.2) is 68.1 Å². The van der Waals surface area contributed by atoms with E-state index in [9.17, 15) is 19.2 Å². The molecule has 0 aliphatic carbocycles. The van der Waals surface area contributed by atoms with Gasteiger partial charge in [0, 0.05) is 112 Å². The molecule has 0 aromatic carbocycles. The molecule has 8 rings (SSSR count). The van der Waals surface area contributed by atoms with E-state index in [2.05, 4.69) is 132 Å². The monoisotopic (exact) mass is 874 g/mol. The van der Waals surface area contributed by atoms with Crippen LogP contribution in [0.15, 0.2) is 42.9 Å². The first kappa shape index (κ1) is 49.4. The van der Waals surface area contributed by atoms with Crippen molar-refractivity contribution in [2.45, 2.75) is 185 Å². The highest BCUT2D eigenvalue weighted by molar-refractivity contribution is 5.75. The Hall–Kier alpha value is -5.59. The Balaban J connectivity index is 0.000000161. The second kappa shape index (κ2) is 18.9. The average molecular weight is 874 g/mol.